The Balaban J connectivity index is 1.94. The third kappa shape index (κ3) is 2.64. The van der Waals surface area contributed by atoms with Crippen molar-refractivity contribution in [3.05, 3.63) is 45.2 Å². The van der Waals surface area contributed by atoms with Gasteiger partial charge in [0, 0.05) is 25.8 Å². The van der Waals surface area contributed by atoms with Gasteiger partial charge in [-0.1, -0.05) is 18.2 Å². The summed E-state index contributed by atoms with van der Waals surface area (Å²) in [4.78, 5) is 2.82. The molecule has 1 aromatic carbocycles. The van der Waals surface area contributed by atoms with Crippen molar-refractivity contribution in [3.8, 4) is 10.4 Å². The van der Waals surface area contributed by atoms with E-state index in [2.05, 4.69) is 65.5 Å². The molecule has 1 atom stereocenters. The second kappa shape index (κ2) is 5.39. The Morgan fingerprint density at radius 2 is 2.05 bits per heavy atom. The fourth-order valence-electron chi connectivity index (χ4n) is 2.54. The van der Waals surface area contributed by atoms with Crippen molar-refractivity contribution in [1.29, 1.82) is 0 Å². The van der Waals surface area contributed by atoms with Crippen LogP contribution < -0.4 is 5.32 Å². The van der Waals surface area contributed by atoms with Gasteiger partial charge >= 0.3 is 0 Å². The van der Waals surface area contributed by atoms with E-state index >= 15 is 0 Å². The van der Waals surface area contributed by atoms with Crippen LogP contribution in [0.15, 0.2) is 34.8 Å². The summed E-state index contributed by atoms with van der Waals surface area (Å²) in [5, 5.41) is 3.47. The van der Waals surface area contributed by atoms with Crippen LogP contribution in [0.25, 0.3) is 10.4 Å². The topological polar surface area (TPSA) is 12.0 Å². The molecule has 1 aliphatic rings. The second-order valence-corrected chi connectivity index (χ2v) is 7.15. The van der Waals surface area contributed by atoms with Crippen LogP contribution in [-0.2, 0) is 0 Å². The molecule has 100 valence electrons. The van der Waals surface area contributed by atoms with Crippen LogP contribution in [0.2, 0.25) is 0 Å². The molecule has 0 amide bonds. The lowest BCUT2D eigenvalue weighted by Crippen LogP contribution is -2.16. The first-order chi connectivity index (χ1) is 9.20. The highest BCUT2D eigenvalue weighted by Crippen LogP contribution is 2.44. The van der Waals surface area contributed by atoms with Crippen molar-refractivity contribution in [2.45, 2.75) is 25.8 Å². The Bertz CT molecular complexity index is 586. The molecule has 0 saturated heterocycles. The average Bonchev–Trinajstić information content (AvgIpc) is 3.12. The Labute approximate surface area is 127 Å². The molecule has 1 heterocycles. The molecule has 1 nitrogen and oxygen atoms in total. The van der Waals surface area contributed by atoms with Crippen molar-refractivity contribution in [2.24, 2.45) is 5.92 Å². The number of aryl methyl sites for hydroxylation is 1. The SMILES string of the molecule is CNC(c1ccc(-c2cccc(C)c2Br)s1)C1CC1. The van der Waals surface area contributed by atoms with Crippen molar-refractivity contribution in [2.75, 3.05) is 7.05 Å². The van der Waals surface area contributed by atoms with Gasteiger partial charge in [-0.25, -0.2) is 0 Å². The second-order valence-electron chi connectivity index (χ2n) is 5.24. The molecule has 0 spiro atoms. The van der Waals surface area contributed by atoms with E-state index in [1.54, 1.807) is 0 Å². The molecule has 2 aromatic rings. The van der Waals surface area contributed by atoms with Crippen molar-refractivity contribution >= 4 is 27.3 Å². The summed E-state index contributed by atoms with van der Waals surface area (Å²) in [7, 11) is 2.07. The van der Waals surface area contributed by atoms with E-state index in [-0.39, 0.29) is 0 Å². The van der Waals surface area contributed by atoms with Gasteiger partial charge in [-0.3, -0.25) is 0 Å². The van der Waals surface area contributed by atoms with Crippen LogP contribution in [0.1, 0.15) is 29.3 Å². The zero-order valence-corrected chi connectivity index (χ0v) is 13.6. The summed E-state index contributed by atoms with van der Waals surface area (Å²) in [6.07, 6.45) is 2.74. The van der Waals surface area contributed by atoms with Crippen molar-refractivity contribution in [3.63, 3.8) is 0 Å². The van der Waals surface area contributed by atoms with Gasteiger partial charge < -0.3 is 5.32 Å². The Kier molecular flexibility index (Phi) is 3.79. The van der Waals surface area contributed by atoms with E-state index in [1.807, 2.05) is 11.3 Å². The number of halogens is 1. The standard InChI is InChI=1S/C16H18BrNS/c1-10-4-3-5-12(15(10)17)13-8-9-14(19-13)16(18-2)11-6-7-11/h3-5,8-9,11,16,18H,6-7H2,1-2H3. The molecule has 0 aliphatic heterocycles. The van der Waals surface area contributed by atoms with Crippen LogP contribution in [0, 0.1) is 12.8 Å². The fourth-order valence-corrected chi connectivity index (χ4v) is 4.39. The predicted molar refractivity (Wildman–Crippen MR) is 86.7 cm³/mol. The lowest BCUT2D eigenvalue weighted by atomic mass is 10.1. The molecular weight excluding hydrogens is 318 g/mol. The van der Waals surface area contributed by atoms with Gasteiger partial charge in [0.05, 0.1) is 0 Å². The van der Waals surface area contributed by atoms with E-state index < -0.39 is 0 Å². The number of rotatable bonds is 4. The quantitative estimate of drug-likeness (QED) is 0.813. The maximum absolute atomic E-state index is 3.71. The predicted octanol–water partition coefficient (Wildman–Crippen LogP) is 5.16. The van der Waals surface area contributed by atoms with Gasteiger partial charge in [-0.15, -0.1) is 11.3 Å². The number of nitrogens with one attached hydrogen (secondary N) is 1. The van der Waals surface area contributed by atoms with Crippen molar-refractivity contribution < 1.29 is 0 Å². The minimum absolute atomic E-state index is 0.544. The molecular formula is C16H18BrNS. The molecule has 1 N–H and O–H groups in total. The molecule has 19 heavy (non-hydrogen) atoms. The molecule has 1 fully saturated rings. The van der Waals surface area contributed by atoms with E-state index in [0.29, 0.717) is 6.04 Å². The van der Waals surface area contributed by atoms with Crippen LogP contribution in [-0.4, -0.2) is 7.05 Å². The van der Waals surface area contributed by atoms with E-state index in [1.165, 1.54) is 38.2 Å². The lowest BCUT2D eigenvalue weighted by Gasteiger charge is -2.12. The van der Waals surface area contributed by atoms with E-state index in [9.17, 15) is 0 Å². The highest BCUT2D eigenvalue weighted by molar-refractivity contribution is 9.10. The lowest BCUT2D eigenvalue weighted by molar-refractivity contribution is 0.537. The van der Waals surface area contributed by atoms with Crippen molar-refractivity contribution in [1.82, 2.24) is 5.32 Å². The van der Waals surface area contributed by atoms with Gasteiger partial charge in [0.1, 0.15) is 0 Å². The average molecular weight is 336 g/mol. The normalized spacial score (nSPS) is 16.6. The zero-order valence-electron chi connectivity index (χ0n) is 11.2. The zero-order chi connectivity index (χ0) is 13.4. The fraction of sp³-hybridized carbons (Fsp3) is 0.375. The minimum Gasteiger partial charge on any atom is -0.312 e. The summed E-state index contributed by atoms with van der Waals surface area (Å²) in [5.74, 6) is 0.845. The monoisotopic (exact) mass is 335 g/mol. The molecule has 1 saturated carbocycles. The maximum atomic E-state index is 3.71. The first-order valence-corrected chi connectivity index (χ1v) is 8.34. The molecule has 3 heteroatoms. The molecule has 0 bridgehead atoms. The summed E-state index contributed by atoms with van der Waals surface area (Å²) in [6.45, 7) is 2.14. The van der Waals surface area contributed by atoms with Crippen LogP contribution >= 0.6 is 27.3 Å². The Morgan fingerprint density at radius 1 is 1.26 bits per heavy atom. The van der Waals surface area contributed by atoms with Gasteiger partial charge in [0.2, 0.25) is 0 Å². The van der Waals surface area contributed by atoms with Gasteiger partial charge in [0.15, 0.2) is 0 Å². The molecule has 1 aromatic heterocycles. The maximum Gasteiger partial charge on any atom is 0.0441 e. The number of hydrogen-bond acceptors (Lipinski definition) is 2. The highest BCUT2D eigenvalue weighted by Gasteiger charge is 2.32. The molecule has 1 unspecified atom stereocenters. The first-order valence-electron chi connectivity index (χ1n) is 6.73. The van der Waals surface area contributed by atoms with Crippen LogP contribution in [0.3, 0.4) is 0 Å². The number of hydrogen-bond donors (Lipinski definition) is 1. The summed E-state index contributed by atoms with van der Waals surface area (Å²) in [5.41, 5.74) is 2.60. The van der Waals surface area contributed by atoms with E-state index in [0.717, 1.165) is 5.92 Å². The van der Waals surface area contributed by atoms with E-state index in [4.69, 9.17) is 0 Å². The third-order valence-corrected chi connectivity index (χ3v) is 6.05. The minimum atomic E-state index is 0.544. The Morgan fingerprint density at radius 3 is 2.74 bits per heavy atom. The summed E-state index contributed by atoms with van der Waals surface area (Å²) >= 11 is 5.63. The van der Waals surface area contributed by atoms with Crippen LogP contribution in [0.5, 0.6) is 0 Å². The van der Waals surface area contributed by atoms with Gasteiger partial charge in [0.25, 0.3) is 0 Å². The summed E-state index contributed by atoms with van der Waals surface area (Å²) < 4.78 is 1.22. The first kappa shape index (κ1) is 13.3. The Hall–Kier alpha value is -0.640. The highest BCUT2D eigenvalue weighted by atomic mass is 79.9. The molecule has 3 rings (SSSR count). The number of benzene rings is 1. The molecule has 0 radical (unpaired) electrons. The van der Waals surface area contributed by atoms with Gasteiger partial charge in [-0.05, 0) is 66.4 Å². The van der Waals surface area contributed by atoms with Crippen LogP contribution in [0.4, 0.5) is 0 Å². The third-order valence-electron chi connectivity index (χ3n) is 3.79. The van der Waals surface area contributed by atoms with Gasteiger partial charge in [-0.2, -0.15) is 0 Å². The molecule has 1 aliphatic carbocycles. The summed E-state index contributed by atoms with van der Waals surface area (Å²) in [6, 6.07) is 11.6. The smallest absolute Gasteiger partial charge is 0.0441 e. The number of thiophene rings is 1. The largest absolute Gasteiger partial charge is 0.312 e.